The van der Waals surface area contributed by atoms with Crippen molar-refractivity contribution < 1.29 is 83.9 Å². The standard InChI is InChI=1S/C26H48N4O17/c1-7(35)30-8-6-41-10(3-32)21(16(8)36)45-25-14(28)19(39)23(12(5-34)43-25)47-26-15(29)20(40)22(11(4-33)44-26)46-24-13(27)18(38)17(37)9(2-31)42-24/h8-26,31-34,36-40H,2-6,27-29H2,1H3,(H,30,35). The highest BCUT2D eigenvalue weighted by molar-refractivity contribution is 5.73. The van der Waals surface area contributed by atoms with Crippen LogP contribution in [0, 0.1) is 0 Å². The maximum absolute atomic E-state index is 11.6. The summed E-state index contributed by atoms with van der Waals surface area (Å²) in [7, 11) is 0. The van der Waals surface area contributed by atoms with Crippen molar-refractivity contribution in [1.29, 1.82) is 0 Å². The second-order valence-electron chi connectivity index (χ2n) is 12.0. The molecular weight excluding hydrogens is 640 g/mol. The van der Waals surface area contributed by atoms with Gasteiger partial charge in [-0.3, -0.25) is 4.79 Å². The summed E-state index contributed by atoms with van der Waals surface area (Å²) in [5.41, 5.74) is 18.3. The lowest BCUT2D eigenvalue weighted by Crippen LogP contribution is -2.70. The quantitative estimate of drug-likeness (QED) is 0.0958. The second kappa shape index (κ2) is 16.6. The molecule has 47 heavy (non-hydrogen) atoms. The van der Waals surface area contributed by atoms with Gasteiger partial charge < -0.3 is 102 Å². The summed E-state index contributed by atoms with van der Waals surface area (Å²) in [6.45, 7) is -1.66. The molecule has 19 unspecified atom stereocenters. The molecule has 274 valence electrons. The number of carbonyl (C=O) groups excluding carboxylic acids is 1. The number of carbonyl (C=O) groups is 1. The lowest BCUT2D eigenvalue weighted by atomic mass is 9.94. The summed E-state index contributed by atoms with van der Waals surface area (Å²) in [4.78, 5) is 11.6. The zero-order valence-electron chi connectivity index (χ0n) is 25.5. The first-order chi connectivity index (χ1) is 22.3. The average Bonchev–Trinajstić information content (AvgIpc) is 3.05. The molecule has 4 fully saturated rings. The lowest BCUT2D eigenvalue weighted by Gasteiger charge is -2.49. The fourth-order valence-corrected chi connectivity index (χ4v) is 6.03. The molecule has 0 spiro atoms. The Hall–Kier alpha value is -1.29. The molecule has 0 saturated carbocycles. The molecule has 0 aromatic rings. The van der Waals surface area contributed by atoms with E-state index in [1.807, 2.05) is 0 Å². The fraction of sp³-hybridized carbons (Fsp3) is 0.962. The topological polar surface area (TPSA) is 354 Å². The van der Waals surface area contributed by atoms with Gasteiger partial charge in [-0.05, 0) is 0 Å². The number of amides is 1. The van der Waals surface area contributed by atoms with Gasteiger partial charge in [-0.25, -0.2) is 0 Å². The van der Waals surface area contributed by atoms with Crippen molar-refractivity contribution in [3.63, 3.8) is 0 Å². The minimum Gasteiger partial charge on any atom is -0.394 e. The maximum Gasteiger partial charge on any atom is 0.217 e. The van der Waals surface area contributed by atoms with Gasteiger partial charge in [0.2, 0.25) is 5.91 Å². The molecule has 21 nitrogen and oxygen atoms in total. The Morgan fingerprint density at radius 3 is 1.40 bits per heavy atom. The van der Waals surface area contributed by atoms with Crippen LogP contribution in [0.25, 0.3) is 0 Å². The summed E-state index contributed by atoms with van der Waals surface area (Å²) < 4.78 is 39.9. The molecule has 0 radical (unpaired) electrons. The SMILES string of the molecule is CC(=O)NC1COC(CO)C(OC2OC(CO)C(OC3OC(CO)C(OC4OC(CO)C(O)C(O)C4N)C(O)C3N)C(O)C2N)C1O. The first-order valence-corrected chi connectivity index (χ1v) is 15.2. The minimum atomic E-state index is -1.64. The smallest absolute Gasteiger partial charge is 0.217 e. The predicted molar refractivity (Wildman–Crippen MR) is 150 cm³/mol. The van der Waals surface area contributed by atoms with Crippen LogP contribution in [-0.2, 0) is 38.0 Å². The lowest BCUT2D eigenvalue weighted by molar-refractivity contribution is -0.355. The summed E-state index contributed by atoms with van der Waals surface area (Å²) >= 11 is 0. The van der Waals surface area contributed by atoms with E-state index in [1.165, 1.54) is 6.92 Å². The van der Waals surface area contributed by atoms with Crippen molar-refractivity contribution in [3.8, 4) is 0 Å². The van der Waals surface area contributed by atoms with Crippen LogP contribution in [0.3, 0.4) is 0 Å². The molecule has 21 heteroatoms. The summed E-state index contributed by atoms with van der Waals surface area (Å²) in [5.74, 6) is -0.449. The van der Waals surface area contributed by atoms with E-state index in [-0.39, 0.29) is 6.61 Å². The van der Waals surface area contributed by atoms with Crippen molar-refractivity contribution in [2.75, 3.05) is 33.0 Å². The van der Waals surface area contributed by atoms with Gasteiger partial charge in [0.15, 0.2) is 18.9 Å². The first kappa shape index (κ1) is 38.5. The van der Waals surface area contributed by atoms with E-state index in [1.54, 1.807) is 0 Å². The number of nitrogens with one attached hydrogen (secondary N) is 1. The Morgan fingerprint density at radius 2 is 1.00 bits per heavy atom. The van der Waals surface area contributed by atoms with Crippen LogP contribution in [0.1, 0.15) is 6.92 Å². The number of hydrogen-bond acceptors (Lipinski definition) is 20. The number of nitrogens with two attached hydrogens (primary N) is 3. The largest absolute Gasteiger partial charge is 0.394 e. The van der Waals surface area contributed by atoms with Gasteiger partial charge in [-0.1, -0.05) is 0 Å². The van der Waals surface area contributed by atoms with Crippen molar-refractivity contribution in [1.82, 2.24) is 5.32 Å². The van der Waals surface area contributed by atoms with Crippen LogP contribution >= 0.6 is 0 Å². The van der Waals surface area contributed by atoms with Crippen LogP contribution in [0.2, 0.25) is 0 Å². The van der Waals surface area contributed by atoms with Gasteiger partial charge in [0.1, 0.15) is 73.2 Å². The third-order valence-electron chi connectivity index (χ3n) is 8.78. The molecule has 4 rings (SSSR count). The third kappa shape index (κ3) is 8.20. The molecular formula is C26H48N4O17. The number of hydrogen-bond donors (Lipinski definition) is 13. The van der Waals surface area contributed by atoms with Crippen LogP contribution in [-0.4, -0.2) is 201 Å². The Morgan fingerprint density at radius 1 is 0.617 bits per heavy atom. The molecule has 0 bridgehead atoms. The molecule has 4 aliphatic rings. The maximum atomic E-state index is 11.6. The van der Waals surface area contributed by atoms with E-state index in [2.05, 4.69) is 5.32 Å². The van der Waals surface area contributed by atoms with E-state index in [0.717, 1.165) is 0 Å². The number of aliphatic hydroxyl groups is 9. The second-order valence-corrected chi connectivity index (χ2v) is 12.0. The zero-order valence-corrected chi connectivity index (χ0v) is 25.5. The van der Waals surface area contributed by atoms with Crippen LogP contribution in [0.5, 0.6) is 0 Å². The van der Waals surface area contributed by atoms with E-state index >= 15 is 0 Å². The van der Waals surface area contributed by atoms with Gasteiger partial charge >= 0.3 is 0 Å². The molecule has 4 saturated heterocycles. The van der Waals surface area contributed by atoms with Gasteiger partial charge in [0, 0.05) is 6.92 Å². The van der Waals surface area contributed by atoms with E-state index in [0.29, 0.717) is 0 Å². The highest BCUT2D eigenvalue weighted by Gasteiger charge is 2.53. The van der Waals surface area contributed by atoms with Crippen LogP contribution in [0.15, 0.2) is 0 Å². The highest BCUT2D eigenvalue weighted by Crippen LogP contribution is 2.32. The number of aliphatic hydroxyl groups excluding tert-OH is 9. The molecule has 0 aromatic carbocycles. The summed E-state index contributed by atoms with van der Waals surface area (Å²) in [6.07, 6.45) is -21.4. The average molecular weight is 689 g/mol. The van der Waals surface area contributed by atoms with Crippen molar-refractivity contribution >= 4 is 5.91 Å². The summed E-state index contributed by atoms with van der Waals surface area (Å²) in [5, 5.41) is 95.3. The van der Waals surface area contributed by atoms with Crippen molar-refractivity contribution in [3.05, 3.63) is 0 Å². The molecule has 0 aromatic heterocycles. The number of rotatable bonds is 11. The molecule has 0 aliphatic carbocycles. The molecule has 1 amide bonds. The van der Waals surface area contributed by atoms with Crippen molar-refractivity contribution in [2.45, 2.75) is 123 Å². The van der Waals surface area contributed by atoms with Crippen molar-refractivity contribution in [2.24, 2.45) is 17.2 Å². The zero-order chi connectivity index (χ0) is 34.7. The Labute approximate surface area is 269 Å². The molecule has 16 N–H and O–H groups in total. The van der Waals surface area contributed by atoms with Gasteiger partial charge in [0.25, 0.3) is 0 Å². The minimum absolute atomic E-state index is 0.121. The van der Waals surface area contributed by atoms with Crippen LogP contribution in [0.4, 0.5) is 0 Å². The molecule has 19 atom stereocenters. The Kier molecular flexibility index (Phi) is 13.6. The van der Waals surface area contributed by atoms with Gasteiger partial charge in [0.05, 0.1) is 57.2 Å². The monoisotopic (exact) mass is 688 g/mol. The Balaban J connectivity index is 1.43. The van der Waals surface area contributed by atoms with Gasteiger partial charge in [-0.15, -0.1) is 0 Å². The predicted octanol–water partition coefficient (Wildman–Crippen LogP) is -9.02. The van der Waals surface area contributed by atoms with Crippen LogP contribution < -0.4 is 22.5 Å². The molecule has 4 aliphatic heterocycles. The first-order valence-electron chi connectivity index (χ1n) is 15.2. The Bertz CT molecular complexity index is 1000. The highest BCUT2D eigenvalue weighted by atomic mass is 16.8. The van der Waals surface area contributed by atoms with E-state index < -0.39 is 149 Å². The fourth-order valence-electron chi connectivity index (χ4n) is 6.03. The van der Waals surface area contributed by atoms with Gasteiger partial charge in [-0.2, -0.15) is 0 Å². The summed E-state index contributed by atoms with van der Waals surface area (Å²) in [6, 6.07) is -5.04. The number of ether oxygens (including phenoxy) is 7. The third-order valence-corrected chi connectivity index (χ3v) is 8.78. The molecule has 4 heterocycles. The van der Waals surface area contributed by atoms with E-state index in [4.69, 9.17) is 50.4 Å². The normalized spacial score (nSPS) is 49.4. The van der Waals surface area contributed by atoms with E-state index in [9.17, 15) is 50.8 Å².